The van der Waals surface area contributed by atoms with Crippen LogP contribution in [-0.4, -0.2) is 15.7 Å². The zero-order chi connectivity index (χ0) is 14.5. The Morgan fingerprint density at radius 1 is 1.45 bits per heavy atom. The summed E-state index contributed by atoms with van der Waals surface area (Å²) in [6.07, 6.45) is 2.37. The van der Waals surface area contributed by atoms with Crippen molar-refractivity contribution in [3.8, 4) is 0 Å². The number of halogens is 1. The number of hydrogen-bond donors (Lipinski definition) is 1. The molecule has 0 aromatic carbocycles. The number of thiophene rings is 1. The van der Waals surface area contributed by atoms with E-state index < -0.39 is 0 Å². The van der Waals surface area contributed by atoms with Gasteiger partial charge < -0.3 is 5.32 Å². The van der Waals surface area contributed by atoms with E-state index in [1.807, 2.05) is 16.9 Å². The van der Waals surface area contributed by atoms with Crippen molar-refractivity contribution < 1.29 is 4.79 Å². The lowest BCUT2D eigenvalue weighted by molar-refractivity contribution is -0.116. The minimum Gasteiger partial charge on any atom is -0.311 e. The molecule has 0 bridgehead atoms. The van der Waals surface area contributed by atoms with E-state index in [4.69, 9.17) is 0 Å². The molecule has 2 aromatic rings. The Labute approximate surface area is 130 Å². The van der Waals surface area contributed by atoms with Gasteiger partial charge in [-0.05, 0) is 48.8 Å². The average molecular weight is 354 g/mol. The quantitative estimate of drug-likeness (QED) is 0.843. The summed E-state index contributed by atoms with van der Waals surface area (Å²) >= 11 is 5.16. The van der Waals surface area contributed by atoms with Gasteiger partial charge in [0.25, 0.3) is 0 Å². The molecule has 0 radical (unpaired) electrons. The zero-order valence-electron chi connectivity index (χ0n) is 11.6. The second-order valence-electron chi connectivity index (χ2n) is 5.98. The van der Waals surface area contributed by atoms with E-state index >= 15 is 0 Å². The van der Waals surface area contributed by atoms with E-state index in [-0.39, 0.29) is 17.4 Å². The van der Waals surface area contributed by atoms with Crippen molar-refractivity contribution in [3.63, 3.8) is 0 Å². The van der Waals surface area contributed by atoms with Crippen LogP contribution in [0.3, 0.4) is 0 Å². The fourth-order valence-electron chi connectivity index (χ4n) is 2.50. The first-order valence-electron chi connectivity index (χ1n) is 6.50. The molecule has 2 aromatic heterocycles. The molecular weight excluding hydrogens is 338 g/mol. The lowest BCUT2D eigenvalue weighted by atomic mass is 9.92. The molecule has 106 valence electrons. The maximum atomic E-state index is 12.0. The first kappa shape index (κ1) is 13.8. The summed E-state index contributed by atoms with van der Waals surface area (Å²) in [7, 11) is 0. The molecule has 1 aliphatic heterocycles. The van der Waals surface area contributed by atoms with Crippen LogP contribution in [0.1, 0.15) is 43.6 Å². The molecule has 1 unspecified atom stereocenters. The molecule has 0 spiro atoms. The summed E-state index contributed by atoms with van der Waals surface area (Å²) in [6.45, 7) is 6.24. The van der Waals surface area contributed by atoms with Gasteiger partial charge in [0.2, 0.25) is 5.91 Å². The van der Waals surface area contributed by atoms with E-state index in [1.54, 1.807) is 11.3 Å². The third kappa shape index (κ3) is 2.31. The highest BCUT2D eigenvalue weighted by molar-refractivity contribution is 9.11. The number of rotatable bonds is 1. The molecule has 0 saturated carbocycles. The molecule has 6 heteroatoms. The van der Waals surface area contributed by atoms with Crippen LogP contribution in [-0.2, 0) is 10.3 Å². The third-order valence-electron chi connectivity index (χ3n) is 3.39. The fraction of sp³-hybridized carbons (Fsp3) is 0.429. The van der Waals surface area contributed by atoms with Gasteiger partial charge in [-0.3, -0.25) is 4.79 Å². The number of amides is 1. The number of hydrogen-bond acceptors (Lipinski definition) is 3. The Morgan fingerprint density at radius 3 is 2.80 bits per heavy atom. The van der Waals surface area contributed by atoms with Crippen molar-refractivity contribution in [2.75, 3.05) is 5.32 Å². The minimum atomic E-state index is -0.154. The van der Waals surface area contributed by atoms with Gasteiger partial charge in [-0.1, -0.05) is 0 Å². The number of aromatic nitrogens is 2. The van der Waals surface area contributed by atoms with Crippen molar-refractivity contribution >= 4 is 39.0 Å². The average Bonchev–Trinajstić information content (AvgIpc) is 2.93. The highest BCUT2D eigenvalue weighted by Crippen LogP contribution is 2.41. The topological polar surface area (TPSA) is 46.9 Å². The normalized spacial score (nSPS) is 18.8. The zero-order valence-corrected chi connectivity index (χ0v) is 14.0. The Morgan fingerprint density at radius 2 is 2.20 bits per heavy atom. The second kappa shape index (κ2) is 4.70. The molecular formula is C14H16BrN3OS. The minimum absolute atomic E-state index is 0.0537. The first-order chi connectivity index (χ1) is 9.36. The Kier molecular flexibility index (Phi) is 3.25. The van der Waals surface area contributed by atoms with Crippen molar-refractivity contribution in [2.45, 2.75) is 38.6 Å². The second-order valence-corrected chi connectivity index (χ2v) is 8.47. The number of carbonyl (C=O) groups is 1. The molecule has 1 aliphatic rings. The van der Waals surface area contributed by atoms with Crippen LogP contribution in [0, 0.1) is 0 Å². The Bertz CT molecular complexity index is 668. The van der Waals surface area contributed by atoms with Crippen LogP contribution in [0.2, 0.25) is 0 Å². The summed E-state index contributed by atoms with van der Waals surface area (Å²) < 4.78 is 2.98. The lowest BCUT2D eigenvalue weighted by Crippen LogP contribution is -2.30. The number of anilines is 1. The van der Waals surface area contributed by atoms with Gasteiger partial charge in [0.1, 0.15) is 5.82 Å². The molecule has 1 N–H and O–H groups in total. The summed E-state index contributed by atoms with van der Waals surface area (Å²) in [5.41, 5.74) is 0.951. The summed E-state index contributed by atoms with van der Waals surface area (Å²) in [4.78, 5) is 13.2. The van der Waals surface area contributed by atoms with Crippen LogP contribution < -0.4 is 5.32 Å². The smallest absolute Gasteiger partial charge is 0.226 e. The number of carbonyl (C=O) groups excluding carboxylic acids is 1. The first-order valence-corrected chi connectivity index (χ1v) is 8.10. The number of nitrogens with zero attached hydrogens (tertiary/aromatic N) is 2. The molecule has 1 amide bonds. The Balaban J connectivity index is 2.10. The van der Waals surface area contributed by atoms with Gasteiger partial charge in [-0.25, -0.2) is 4.68 Å². The lowest BCUT2D eigenvalue weighted by Gasteiger charge is -2.27. The van der Waals surface area contributed by atoms with Gasteiger partial charge in [0, 0.05) is 22.8 Å². The van der Waals surface area contributed by atoms with E-state index in [2.05, 4.69) is 53.2 Å². The van der Waals surface area contributed by atoms with Gasteiger partial charge in [-0.15, -0.1) is 11.3 Å². The Hall–Kier alpha value is -1.14. The van der Waals surface area contributed by atoms with E-state index in [9.17, 15) is 4.79 Å². The van der Waals surface area contributed by atoms with E-state index in [1.165, 1.54) is 4.88 Å². The van der Waals surface area contributed by atoms with Crippen LogP contribution in [0.4, 0.5) is 5.82 Å². The van der Waals surface area contributed by atoms with Gasteiger partial charge >= 0.3 is 0 Å². The number of nitrogens with one attached hydrogen (secondary N) is 1. The summed E-state index contributed by atoms with van der Waals surface area (Å²) in [5.74, 6) is 0.993. The largest absolute Gasteiger partial charge is 0.311 e. The maximum absolute atomic E-state index is 12.0. The van der Waals surface area contributed by atoms with Crippen molar-refractivity contribution in [1.82, 2.24) is 9.78 Å². The molecule has 20 heavy (non-hydrogen) atoms. The van der Waals surface area contributed by atoms with Gasteiger partial charge in [0.05, 0.1) is 15.5 Å². The fourth-order valence-corrected chi connectivity index (χ4v) is 4.04. The van der Waals surface area contributed by atoms with Crippen molar-refractivity contribution in [1.29, 1.82) is 0 Å². The molecule has 0 aliphatic carbocycles. The third-order valence-corrected chi connectivity index (χ3v) is 5.13. The van der Waals surface area contributed by atoms with E-state index in [0.717, 1.165) is 15.2 Å². The SMILES string of the molecule is CC(C)(C)n1ncc2c1NC(=O)CC2c1ccc(Br)s1. The molecule has 4 nitrogen and oxygen atoms in total. The summed E-state index contributed by atoms with van der Waals surface area (Å²) in [6, 6.07) is 4.11. The van der Waals surface area contributed by atoms with Crippen LogP contribution in [0.15, 0.2) is 22.1 Å². The van der Waals surface area contributed by atoms with E-state index in [0.29, 0.717) is 6.42 Å². The standard InChI is InChI=1S/C14H16BrN3OS/c1-14(2,3)18-13-9(7-16-18)8(6-12(19)17-13)10-4-5-11(15)20-10/h4-5,7-8H,6H2,1-3H3,(H,17,19). The predicted octanol–water partition coefficient (Wildman–Crippen LogP) is 3.94. The molecule has 3 heterocycles. The molecule has 0 saturated heterocycles. The maximum Gasteiger partial charge on any atom is 0.226 e. The molecule has 0 fully saturated rings. The van der Waals surface area contributed by atoms with Gasteiger partial charge in [0.15, 0.2) is 0 Å². The number of fused-ring (bicyclic) bond motifs is 1. The van der Waals surface area contributed by atoms with Crippen LogP contribution in [0.25, 0.3) is 0 Å². The highest BCUT2D eigenvalue weighted by Gasteiger charge is 2.33. The van der Waals surface area contributed by atoms with Crippen molar-refractivity contribution in [3.05, 3.63) is 32.6 Å². The molecule has 1 atom stereocenters. The van der Waals surface area contributed by atoms with Crippen molar-refractivity contribution in [2.24, 2.45) is 0 Å². The molecule has 3 rings (SSSR count). The van der Waals surface area contributed by atoms with Gasteiger partial charge in [-0.2, -0.15) is 5.10 Å². The highest BCUT2D eigenvalue weighted by atomic mass is 79.9. The summed E-state index contributed by atoms with van der Waals surface area (Å²) in [5, 5.41) is 7.46. The monoisotopic (exact) mass is 353 g/mol. The van der Waals surface area contributed by atoms with Crippen LogP contribution in [0.5, 0.6) is 0 Å². The predicted molar refractivity (Wildman–Crippen MR) is 84.3 cm³/mol. The van der Waals surface area contributed by atoms with Crippen LogP contribution >= 0.6 is 27.3 Å².